The van der Waals surface area contributed by atoms with Gasteiger partial charge in [-0.3, -0.25) is 14.6 Å². The van der Waals surface area contributed by atoms with Gasteiger partial charge in [0.15, 0.2) is 0 Å². The van der Waals surface area contributed by atoms with E-state index in [2.05, 4.69) is 17.0 Å². The summed E-state index contributed by atoms with van der Waals surface area (Å²) in [6.45, 7) is 4.25. The molecule has 1 heterocycles. The second-order valence-corrected chi connectivity index (χ2v) is 16.1. The Bertz CT molecular complexity index is 1950. The maximum Gasteiger partial charge on any atom is 0.245 e. The third-order valence-electron chi connectivity index (χ3n) is 10.7. The number of nitrogens with one attached hydrogen (secondary N) is 2. The summed E-state index contributed by atoms with van der Waals surface area (Å²) in [6, 6.07) is 27.3. The van der Waals surface area contributed by atoms with Gasteiger partial charge >= 0.3 is 0 Å². The average Bonchev–Trinajstić information content (AvgIpc) is 3.72. The molecule has 274 valence electrons. The number of carbonyl (C=O) groups is 2. The molecule has 2 fully saturated rings. The molecule has 6 rings (SSSR count). The van der Waals surface area contributed by atoms with Gasteiger partial charge < -0.3 is 16.0 Å². The Balaban J connectivity index is 1.19. The quantitative estimate of drug-likeness (QED) is 0.109. The largest absolute Gasteiger partial charge is 0.384 e. The number of hydrogen-bond donors (Lipinski definition) is 3. The minimum Gasteiger partial charge on any atom is -0.384 e. The summed E-state index contributed by atoms with van der Waals surface area (Å²) >= 11 is 0. The van der Waals surface area contributed by atoms with Crippen molar-refractivity contribution in [3.05, 3.63) is 114 Å². The number of hydrogen-bond acceptors (Lipinski definition) is 5. The van der Waals surface area contributed by atoms with Crippen LogP contribution in [0.2, 0.25) is 0 Å². The number of aliphatic imine (C=N–C) groups is 1. The molecule has 0 aromatic heterocycles. The minimum absolute atomic E-state index is 0.0635. The van der Waals surface area contributed by atoms with Gasteiger partial charge in [0.05, 0.1) is 4.90 Å². The van der Waals surface area contributed by atoms with Crippen LogP contribution in [0, 0.1) is 11.8 Å². The molecule has 10 heteroatoms. The molecule has 4 aromatic carbocycles. The second kappa shape index (κ2) is 17.3. The first-order valence-electron chi connectivity index (χ1n) is 18.7. The number of nitrogens with two attached hydrogens (primary N) is 1. The predicted molar refractivity (Wildman–Crippen MR) is 207 cm³/mol. The lowest BCUT2D eigenvalue weighted by Crippen LogP contribution is -2.55. The molecule has 0 unspecified atom stereocenters. The Morgan fingerprint density at radius 1 is 0.788 bits per heavy atom. The van der Waals surface area contributed by atoms with Gasteiger partial charge in [-0.05, 0) is 78.0 Å². The number of benzene rings is 4. The number of amides is 2. The van der Waals surface area contributed by atoms with Gasteiger partial charge in [-0.15, -0.1) is 0 Å². The lowest BCUT2D eigenvalue weighted by Gasteiger charge is -2.27. The Kier molecular flexibility index (Phi) is 12.4. The van der Waals surface area contributed by atoms with Crippen molar-refractivity contribution in [3.8, 4) is 0 Å². The highest BCUT2D eigenvalue weighted by molar-refractivity contribution is 7.89. The van der Waals surface area contributed by atoms with Crippen molar-refractivity contribution in [1.82, 2.24) is 14.9 Å². The highest BCUT2D eigenvalue weighted by Gasteiger charge is 2.32. The van der Waals surface area contributed by atoms with Crippen LogP contribution in [0.15, 0.2) is 107 Å². The van der Waals surface area contributed by atoms with Gasteiger partial charge in [0.25, 0.3) is 0 Å². The van der Waals surface area contributed by atoms with Crippen molar-refractivity contribution in [2.24, 2.45) is 22.6 Å². The number of nitrogens with zero attached hydrogens (tertiary/aromatic N) is 2. The van der Waals surface area contributed by atoms with Crippen LogP contribution in [0.25, 0.3) is 10.8 Å². The summed E-state index contributed by atoms with van der Waals surface area (Å²) in [7, 11) is -4.10. The molecule has 1 aliphatic carbocycles. The van der Waals surface area contributed by atoms with Crippen molar-refractivity contribution in [3.63, 3.8) is 0 Å². The van der Waals surface area contributed by atoms with E-state index in [-0.39, 0.29) is 23.6 Å². The summed E-state index contributed by atoms with van der Waals surface area (Å²) in [4.78, 5) is 34.6. The number of likely N-dealkylation sites (tertiary alicyclic amines) is 1. The number of carbonyl (C=O) groups excluding carboxylic acids is 2. The second-order valence-electron chi connectivity index (χ2n) is 14.4. The highest BCUT2D eigenvalue weighted by Crippen LogP contribution is 2.30. The maximum atomic E-state index is 14.1. The molecular weight excluding hydrogens is 671 g/mol. The summed E-state index contributed by atoms with van der Waals surface area (Å²) in [5, 5.41) is 4.65. The zero-order valence-electron chi connectivity index (χ0n) is 30.0. The first-order chi connectivity index (χ1) is 25.2. The van der Waals surface area contributed by atoms with Crippen LogP contribution >= 0.6 is 0 Å². The first kappa shape index (κ1) is 37.2. The Morgan fingerprint density at radius 3 is 2.10 bits per heavy atom. The monoisotopic (exact) mass is 721 g/mol. The number of sulfonamides is 1. The fourth-order valence-corrected chi connectivity index (χ4v) is 8.68. The van der Waals surface area contributed by atoms with Crippen LogP contribution in [-0.2, 0) is 32.5 Å². The number of rotatable bonds is 14. The highest BCUT2D eigenvalue weighted by atomic mass is 32.2. The summed E-state index contributed by atoms with van der Waals surface area (Å²) in [5.41, 5.74) is 8.87. The third kappa shape index (κ3) is 9.66. The van der Waals surface area contributed by atoms with E-state index in [1.165, 1.54) is 32.1 Å². The van der Waals surface area contributed by atoms with Gasteiger partial charge in [-0.25, -0.2) is 8.42 Å². The normalized spacial score (nSPS) is 19.3. The maximum absolute atomic E-state index is 14.1. The van der Waals surface area contributed by atoms with Crippen LogP contribution in [0.1, 0.15) is 68.6 Å². The standard InChI is InChI=1S/C42H51N5O4S/c1-2-30-14-16-33(17-15-30)29-44-40(43)35-20-18-32(19-21-35)27-39(42(49)47-24-8-9-25-47)45-41(48)38(26-31-10-4-3-5-11-31)46-52(50,51)37-23-22-34-12-6-7-13-36(34)28-37/h3-7,10-13,18-23,28,30,33,38-39,46H,2,8-9,14-17,24-27,29H2,1H3,(H2,43,44)(H,45,48)/t30?,33?,38-,39-/m1/s1. The third-order valence-corrected chi connectivity index (χ3v) is 12.2. The molecule has 1 aliphatic heterocycles. The van der Waals surface area contributed by atoms with Crippen molar-refractivity contribution >= 4 is 38.4 Å². The predicted octanol–water partition coefficient (Wildman–Crippen LogP) is 6.00. The van der Waals surface area contributed by atoms with Gasteiger partial charge in [-0.2, -0.15) is 4.72 Å². The SMILES string of the molecule is CCC1CCC(CN=C(N)c2ccc(C[C@@H](NC(=O)[C@@H](Cc3ccccc3)NS(=O)(=O)c3ccc4ccccc4c3)C(=O)N3CCCC3)cc2)CC1. The van der Waals surface area contributed by atoms with Gasteiger partial charge in [0, 0.05) is 31.6 Å². The van der Waals surface area contributed by atoms with E-state index in [9.17, 15) is 18.0 Å². The summed E-state index contributed by atoms with van der Waals surface area (Å²) < 4.78 is 30.2. The van der Waals surface area contributed by atoms with E-state index in [0.717, 1.165) is 52.8 Å². The fraction of sp³-hybridized carbons (Fsp3) is 0.405. The Hall–Kier alpha value is -4.54. The van der Waals surface area contributed by atoms with Crippen LogP contribution in [0.3, 0.4) is 0 Å². The molecule has 9 nitrogen and oxygen atoms in total. The number of amidine groups is 1. The Morgan fingerprint density at radius 2 is 1.40 bits per heavy atom. The van der Waals surface area contributed by atoms with E-state index in [0.29, 0.717) is 24.8 Å². The fourth-order valence-electron chi connectivity index (χ4n) is 7.45. The van der Waals surface area contributed by atoms with E-state index >= 15 is 0 Å². The van der Waals surface area contributed by atoms with E-state index in [1.54, 1.807) is 23.1 Å². The van der Waals surface area contributed by atoms with Crippen LogP contribution in [0.5, 0.6) is 0 Å². The van der Waals surface area contributed by atoms with E-state index < -0.39 is 28.0 Å². The smallest absolute Gasteiger partial charge is 0.245 e. The molecule has 4 N–H and O–H groups in total. The van der Waals surface area contributed by atoms with Crippen LogP contribution < -0.4 is 15.8 Å². The number of fused-ring (bicyclic) bond motifs is 1. The van der Waals surface area contributed by atoms with Crippen LogP contribution in [-0.4, -0.2) is 62.7 Å². The van der Waals surface area contributed by atoms with E-state index in [1.807, 2.05) is 78.9 Å². The molecule has 52 heavy (non-hydrogen) atoms. The molecule has 0 radical (unpaired) electrons. The minimum atomic E-state index is -4.10. The Labute approximate surface area is 308 Å². The van der Waals surface area contributed by atoms with Gasteiger partial charge in [0.1, 0.15) is 17.9 Å². The van der Waals surface area contributed by atoms with Gasteiger partial charge in [-0.1, -0.05) is 111 Å². The topological polar surface area (TPSA) is 134 Å². The zero-order chi connectivity index (χ0) is 36.5. The molecule has 2 aliphatic rings. The van der Waals surface area contributed by atoms with Crippen molar-refractivity contribution in [1.29, 1.82) is 0 Å². The molecule has 2 atom stereocenters. The van der Waals surface area contributed by atoms with Crippen LogP contribution in [0.4, 0.5) is 0 Å². The molecule has 4 aromatic rings. The molecule has 1 saturated carbocycles. The van der Waals surface area contributed by atoms with Crippen molar-refractivity contribution in [2.75, 3.05) is 19.6 Å². The first-order valence-corrected chi connectivity index (χ1v) is 20.2. The lowest BCUT2D eigenvalue weighted by atomic mass is 9.81. The molecule has 2 amide bonds. The zero-order valence-corrected chi connectivity index (χ0v) is 30.9. The van der Waals surface area contributed by atoms with Crippen molar-refractivity contribution < 1.29 is 18.0 Å². The molecule has 0 bridgehead atoms. The summed E-state index contributed by atoms with van der Waals surface area (Å²) in [5.74, 6) is 1.18. The van der Waals surface area contributed by atoms with Crippen molar-refractivity contribution in [2.45, 2.75) is 81.7 Å². The van der Waals surface area contributed by atoms with E-state index in [4.69, 9.17) is 10.7 Å². The van der Waals surface area contributed by atoms with Gasteiger partial charge in [0.2, 0.25) is 21.8 Å². The molecule has 0 spiro atoms. The molecule has 1 saturated heterocycles. The average molecular weight is 722 g/mol. The summed E-state index contributed by atoms with van der Waals surface area (Å²) in [6.07, 6.45) is 8.34. The lowest BCUT2D eigenvalue weighted by molar-refractivity contribution is -0.136. The molecular formula is C42H51N5O4S.